The molecule has 0 aromatic heterocycles. The van der Waals surface area contributed by atoms with Crippen LogP contribution in [0.1, 0.15) is 19.8 Å². The van der Waals surface area contributed by atoms with Crippen molar-refractivity contribution in [2.75, 3.05) is 31.1 Å². The van der Waals surface area contributed by atoms with Gasteiger partial charge in [0.15, 0.2) is 9.84 Å². The summed E-state index contributed by atoms with van der Waals surface area (Å²) in [6, 6.07) is -0.132. The van der Waals surface area contributed by atoms with Crippen molar-refractivity contribution in [3.05, 3.63) is 12.7 Å². The first-order valence-corrected chi connectivity index (χ1v) is 8.13. The molecule has 1 aliphatic heterocycles. The van der Waals surface area contributed by atoms with Gasteiger partial charge in [0.1, 0.15) is 0 Å². The summed E-state index contributed by atoms with van der Waals surface area (Å²) in [5, 5.41) is 3.07. The number of hydrogen-bond donors (Lipinski definition) is 1. The topological polar surface area (TPSA) is 66.5 Å². The normalized spacial score (nSPS) is 21.7. The molecule has 1 N–H and O–H groups in total. The molecule has 1 aliphatic rings. The molecule has 1 rings (SSSR count). The SMILES string of the molecule is C=CCNCCC(=O)N(CC)C1CCS(=O)(=O)C1. The van der Waals surface area contributed by atoms with E-state index in [1.54, 1.807) is 11.0 Å². The fourth-order valence-electron chi connectivity index (χ4n) is 2.20. The van der Waals surface area contributed by atoms with E-state index in [0.29, 0.717) is 32.5 Å². The predicted molar refractivity (Wildman–Crippen MR) is 72.1 cm³/mol. The third-order valence-corrected chi connectivity index (χ3v) is 4.86. The molecule has 0 radical (unpaired) electrons. The number of carbonyl (C=O) groups is 1. The molecule has 104 valence electrons. The molecule has 0 aliphatic carbocycles. The van der Waals surface area contributed by atoms with Crippen molar-refractivity contribution < 1.29 is 13.2 Å². The standard InChI is InChI=1S/C12H22N2O3S/c1-3-7-13-8-5-12(15)14(4-2)11-6-9-18(16,17)10-11/h3,11,13H,1,4-10H2,2H3. The molecule has 18 heavy (non-hydrogen) atoms. The predicted octanol–water partition coefficient (Wildman–Crippen LogP) is 0.188. The van der Waals surface area contributed by atoms with Crippen LogP contribution in [-0.2, 0) is 14.6 Å². The highest BCUT2D eigenvalue weighted by Crippen LogP contribution is 2.18. The molecule has 1 fully saturated rings. The highest BCUT2D eigenvalue weighted by molar-refractivity contribution is 7.91. The van der Waals surface area contributed by atoms with Crippen molar-refractivity contribution in [3.63, 3.8) is 0 Å². The van der Waals surface area contributed by atoms with Crippen LogP contribution in [0.4, 0.5) is 0 Å². The molecule has 0 spiro atoms. The van der Waals surface area contributed by atoms with Gasteiger partial charge in [-0.3, -0.25) is 4.79 Å². The van der Waals surface area contributed by atoms with E-state index >= 15 is 0 Å². The van der Waals surface area contributed by atoms with Crippen LogP contribution in [0.25, 0.3) is 0 Å². The third-order valence-electron chi connectivity index (χ3n) is 3.11. The molecule has 0 saturated carbocycles. The third kappa shape index (κ3) is 4.42. The van der Waals surface area contributed by atoms with Gasteiger partial charge in [0.05, 0.1) is 11.5 Å². The van der Waals surface area contributed by atoms with E-state index in [2.05, 4.69) is 11.9 Å². The van der Waals surface area contributed by atoms with E-state index in [1.165, 1.54) is 0 Å². The lowest BCUT2D eigenvalue weighted by atomic mass is 10.2. The zero-order valence-corrected chi connectivity index (χ0v) is 11.7. The van der Waals surface area contributed by atoms with Crippen molar-refractivity contribution in [1.82, 2.24) is 10.2 Å². The Morgan fingerprint density at radius 2 is 2.28 bits per heavy atom. The van der Waals surface area contributed by atoms with Crippen molar-refractivity contribution in [2.45, 2.75) is 25.8 Å². The Morgan fingerprint density at radius 3 is 2.78 bits per heavy atom. The van der Waals surface area contributed by atoms with Gasteiger partial charge in [-0.1, -0.05) is 6.08 Å². The number of amides is 1. The molecule has 0 aromatic rings. The monoisotopic (exact) mass is 274 g/mol. The average molecular weight is 274 g/mol. The lowest BCUT2D eigenvalue weighted by Crippen LogP contribution is -2.41. The Morgan fingerprint density at radius 1 is 1.56 bits per heavy atom. The number of nitrogens with zero attached hydrogens (tertiary/aromatic N) is 1. The lowest BCUT2D eigenvalue weighted by molar-refractivity contribution is -0.132. The molecule has 1 amide bonds. The van der Waals surface area contributed by atoms with Crippen LogP contribution in [0.5, 0.6) is 0 Å². The molecule has 1 unspecified atom stereocenters. The van der Waals surface area contributed by atoms with Crippen molar-refractivity contribution in [1.29, 1.82) is 0 Å². The summed E-state index contributed by atoms with van der Waals surface area (Å²) in [4.78, 5) is 13.7. The number of rotatable bonds is 7. The second-order valence-corrected chi connectivity index (χ2v) is 6.71. The van der Waals surface area contributed by atoms with E-state index < -0.39 is 9.84 Å². The Balaban J connectivity index is 2.45. The molecule has 0 bridgehead atoms. The first-order valence-electron chi connectivity index (χ1n) is 6.31. The second-order valence-electron chi connectivity index (χ2n) is 4.48. The maximum Gasteiger partial charge on any atom is 0.224 e. The zero-order valence-electron chi connectivity index (χ0n) is 10.9. The van der Waals surface area contributed by atoms with Gasteiger partial charge in [0, 0.05) is 32.1 Å². The van der Waals surface area contributed by atoms with E-state index in [4.69, 9.17) is 0 Å². The highest BCUT2D eigenvalue weighted by atomic mass is 32.2. The largest absolute Gasteiger partial charge is 0.339 e. The molecule has 0 aromatic carbocycles. The maximum atomic E-state index is 12.0. The van der Waals surface area contributed by atoms with Gasteiger partial charge in [0.2, 0.25) is 5.91 Å². The van der Waals surface area contributed by atoms with Crippen molar-refractivity contribution >= 4 is 15.7 Å². The summed E-state index contributed by atoms with van der Waals surface area (Å²) < 4.78 is 22.8. The number of nitrogens with one attached hydrogen (secondary N) is 1. The van der Waals surface area contributed by atoms with Gasteiger partial charge >= 0.3 is 0 Å². The second kappa shape index (κ2) is 6.89. The number of sulfone groups is 1. The molecule has 1 atom stereocenters. The van der Waals surface area contributed by atoms with Crippen LogP contribution in [0.15, 0.2) is 12.7 Å². The first kappa shape index (κ1) is 15.2. The van der Waals surface area contributed by atoms with Gasteiger partial charge in [0.25, 0.3) is 0 Å². The quantitative estimate of drug-likeness (QED) is 0.531. The van der Waals surface area contributed by atoms with Gasteiger partial charge in [-0.05, 0) is 13.3 Å². The maximum absolute atomic E-state index is 12.0. The summed E-state index contributed by atoms with van der Waals surface area (Å²) in [7, 11) is -2.94. The Hall–Kier alpha value is -0.880. The minimum Gasteiger partial charge on any atom is -0.339 e. The average Bonchev–Trinajstić information content (AvgIpc) is 2.66. The fourth-order valence-corrected chi connectivity index (χ4v) is 3.93. The van der Waals surface area contributed by atoms with Gasteiger partial charge < -0.3 is 10.2 Å². The number of carbonyl (C=O) groups excluding carboxylic acids is 1. The van der Waals surface area contributed by atoms with Crippen LogP contribution in [0.3, 0.4) is 0 Å². The molecular formula is C12H22N2O3S. The number of hydrogen-bond acceptors (Lipinski definition) is 4. The molecule has 6 heteroatoms. The molecule has 1 saturated heterocycles. The van der Waals surface area contributed by atoms with Gasteiger partial charge in [-0.2, -0.15) is 0 Å². The lowest BCUT2D eigenvalue weighted by Gasteiger charge is -2.27. The van der Waals surface area contributed by atoms with Crippen LogP contribution >= 0.6 is 0 Å². The highest BCUT2D eigenvalue weighted by Gasteiger charge is 2.33. The minimum atomic E-state index is -2.94. The van der Waals surface area contributed by atoms with Crippen molar-refractivity contribution in [3.8, 4) is 0 Å². The molecule has 5 nitrogen and oxygen atoms in total. The Kier molecular flexibility index (Phi) is 5.81. The van der Waals surface area contributed by atoms with E-state index in [9.17, 15) is 13.2 Å². The Labute approximate surface area is 109 Å². The van der Waals surface area contributed by atoms with E-state index in [-0.39, 0.29) is 23.5 Å². The first-order chi connectivity index (χ1) is 8.50. The van der Waals surface area contributed by atoms with Gasteiger partial charge in [-0.25, -0.2) is 8.42 Å². The molecular weight excluding hydrogens is 252 g/mol. The summed E-state index contributed by atoms with van der Waals surface area (Å²) >= 11 is 0. The fraction of sp³-hybridized carbons (Fsp3) is 0.750. The van der Waals surface area contributed by atoms with Crippen LogP contribution in [0, 0.1) is 0 Å². The smallest absolute Gasteiger partial charge is 0.224 e. The summed E-state index contributed by atoms with van der Waals surface area (Å²) in [6.45, 7) is 7.32. The molecule has 1 heterocycles. The summed E-state index contributed by atoms with van der Waals surface area (Å²) in [6.07, 6.45) is 2.71. The van der Waals surface area contributed by atoms with Crippen LogP contribution in [-0.4, -0.2) is 56.4 Å². The minimum absolute atomic E-state index is 0.0242. The van der Waals surface area contributed by atoms with Crippen molar-refractivity contribution in [2.24, 2.45) is 0 Å². The van der Waals surface area contributed by atoms with E-state index in [0.717, 1.165) is 0 Å². The zero-order chi connectivity index (χ0) is 13.6. The summed E-state index contributed by atoms with van der Waals surface area (Å²) in [5.41, 5.74) is 0. The van der Waals surface area contributed by atoms with E-state index in [1.807, 2.05) is 6.92 Å². The van der Waals surface area contributed by atoms with Crippen LogP contribution < -0.4 is 5.32 Å². The van der Waals surface area contributed by atoms with Gasteiger partial charge in [-0.15, -0.1) is 6.58 Å². The Bertz CT molecular complexity index is 392. The summed E-state index contributed by atoms with van der Waals surface area (Å²) in [5.74, 6) is 0.346. The van der Waals surface area contributed by atoms with Crippen LogP contribution in [0.2, 0.25) is 0 Å².